The summed E-state index contributed by atoms with van der Waals surface area (Å²) in [4.78, 5) is 0. The van der Waals surface area contributed by atoms with Crippen LogP contribution in [0.25, 0.3) is 10.9 Å². The molecule has 0 saturated heterocycles. The first-order valence-electron chi connectivity index (χ1n) is 6.63. The maximum Gasteiger partial charge on any atom is 0.0653 e. The number of nitrogens with zero attached hydrogens (tertiary/aromatic N) is 1. The fourth-order valence-electron chi connectivity index (χ4n) is 2.97. The highest BCUT2D eigenvalue weighted by molar-refractivity contribution is 5.78. The normalized spacial score (nSPS) is 18.4. The third-order valence-electron chi connectivity index (χ3n) is 3.96. The molecule has 3 nitrogen and oxygen atoms in total. The molecule has 1 atom stereocenters. The van der Waals surface area contributed by atoms with Crippen LogP contribution in [0.3, 0.4) is 0 Å². The molecule has 2 heterocycles. The monoisotopic (exact) mass is 249 g/mol. The van der Waals surface area contributed by atoms with E-state index in [4.69, 9.17) is 0 Å². The quantitative estimate of drug-likeness (QED) is 0.696. The van der Waals surface area contributed by atoms with Crippen molar-refractivity contribution in [2.75, 3.05) is 6.54 Å². The minimum Gasteiger partial charge on any atom is -0.312 e. The van der Waals surface area contributed by atoms with Gasteiger partial charge in [-0.3, -0.25) is 5.10 Å². The molecule has 1 aromatic heterocycles. The SMILES string of the molecule is c1ccc2c(c1)CNC[C@@H]2c1ccc2cn[nH]c2c1. The third kappa shape index (κ3) is 1.74. The summed E-state index contributed by atoms with van der Waals surface area (Å²) >= 11 is 0. The largest absolute Gasteiger partial charge is 0.312 e. The second kappa shape index (κ2) is 4.21. The van der Waals surface area contributed by atoms with Crippen LogP contribution in [0.5, 0.6) is 0 Å². The molecule has 0 unspecified atom stereocenters. The summed E-state index contributed by atoms with van der Waals surface area (Å²) in [5, 5.41) is 11.8. The molecule has 1 aliphatic heterocycles. The number of aromatic amines is 1. The van der Waals surface area contributed by atoms with Crippen LogP contribution in [-0.4, -0.2) is 16.7 Å². The van der Waals surface area contributed by atoms with Gasteiger partial charge in [0.25, 0.3) is 0 Å². The summed E-state index contributed by atoms with van der Waals surface area (Å²) in [5.41, 5.74) is 5.31. The molecule has 0 spiro atoms. The highest BCUT2D eigenvalue weighted by Gasteiger charge is 2.21. The van der Waals surface area contributed by atoms with Crippen LogP contribution in [0.4, 0.5) is 0 Å². The number of hydrogen-bond acceptors (Lipinski definition) is 2. The fraction of sp³-hybridized carbons (Fsp3) is 0.188. The first-order chi connectivity index (χ1) is 9.42. The van der Waals surface area contributed by atoms with Crippen LogP contribution in [-0.2, 0) is 6.54 Å². The van der Waals surface area contributed by atoms with Crippen LogP contribution < -0.4 is 5.32 Å². The zero-order valence-corrected chi connectivity index (χ0v) is 10.6. The van der Waals surface area contributed by atoms with Crippen molar-refractivity contribution in [2.45, 2.75) is 12.5 Å². The van der Waals surface area contributed by atoms with Gasteiger partial charge in [-0.2, -0.15) is 5.10 Å². The third-order valence-corrected chi connectivity index (χ3v) is 3.96. The van der Waals surface area contributed by atoms with Gasteiger partial charge in [0, 0.05) is 24.4 Å². The zero-order chi connectivity index (χ0) is 12.7. The van der Waals surface area contributed by atoms with E-state index in [9.17, 15) is 0 Å². The summed E-state index contributed by atoms with van der Waals surface area (Å²) in [6, 6.07) is 15.3. The Labute approximate surface area is 111 Å². The maximum absolute atomic E-state index is 4.09. The molecule has 0 radical (unpaired) electrons. The standard InChI is InChI=1S/C16H15N3/c1-2-4-14-12(3-1)8-17-10-15(14)11-5-6-13-9-18-19-16(13)7-11/h1-7,9,15,17H,8,10H2,(H,18,19)/t15-/m1/s1. The van der Waals surface area contributed by atoms with Crippen molar-refractivity contribution >= 4 is 10.9 Å². The summed E-state index contributed by atoms with van der Waals surface area (Å²) in [6.07, 6.45) is 1.87. The molecular formula is C16H15N3. The molecule has 0 aliphatic carbocycles. The van der Waals surface area contributed by atoms with Gasteiger partial charge in [-0.15, -0.1) is 0 Å². The second-order valence-electron chi connectivity index (χ2n) is 5.10. The van der Waals surface area contributed by atoms with Crippen LogP contribution in [0, 0.1) is 0 Å². The second-order valence-corrected chi connectivity index (χ2v) is 5.10. The molecular weight excluding hydrogens is 234 g/mol. The van der Waals surface area contributed by atoms with E-state index in [0.717, 1.165) is 18.6 Å². The van der Waals surface area contributed by atoms with E-state index in [1.807, 2.05) is 6.20 Å². The number of nitrogens with one attached hydrogen (secondary N) is 2. The Balaban J connectivity index is 1.84. The molecule has 1 aliphatic rings. The number of hydrogen-bond donors (Lipinski definition) is 2. The average Bonchev–Trinajstić information content (AvgIpc) is 2.94. The van der Waals surface area contributed by atoms with Crippen molar-refractivity contribution < 1.29 is 0 Å². The molecule has 2 N–H and O–H groups in total. The highest BCUT2D eigenvalue weighted by Crippen LogP contribution is 2.31. The summed E-state index contributed by atoms with van der Waals surface area (Å²) in [5.74, 6) is 0.428. The van der Waals surface area contributed by atoms with Crippen LogP contribution in [0.2, 0.25) is 0 Å². The summed E-state index contributed by atoms with van der Waals surface area (Å²) in [7, 11) is 0. The Bertz CT molecular complexity index is 729. The minimum atomic E-state index is 0.428. The van der Waals surface area contributed by atoms with E-state index in [2.05, 4.69) is 58.0 Å². The van der Waals surface area contributed by atoms with Crippen molar-refractivity contribution in [1.29, 1.82) is 0 Å². The van der Waals surface area contributed by atoms with Gasteiger partial charge < -0.3 is 5.32 Å². The van der Waals surface area contributed by atoms with Gasteiger partial charge in [-0.05, 0) is 22.8 Å². The number of aromatic nitrogens is 2. The predicted octanol–water partition coefficient (Wildman–Crippen LogP) is 2.80. The average molecular weight is 249 g/mol. The predicted molar refractivity (Wildman–Crippen MR) is 76.1 cm³/mol. The van der Waals surface area contributed by atoms with E-state index in [1.165, 1.54) is 22.1 Å². The number of benzene rings is 2. The zero-order valence-electron chi connectivity index (χ0n) is 10.6. The lowest BCUT2D eigenvalue weighted by molar-refractivity contribution is 0.591. The number of fused-ring (bicyclic) bond motifs is 2. The lowest BCUT2D eigenvalue weighted by Gasteiger charge is -2.26. The minimum absolute atomic E-state index is 0.428. The molecule has 94 valence electrons. The lowest BCUT2D eigenvalue weighted by atomic mass is 9.85. The Kier molecular flexibility index (Phi) is 2.38. The van der Waals surface area contributed by atoms with Crippen molar-refractivity contribution in [3.8, 4) is 0 Å². The van der Waals surface area contributed by atoms with Crippen molar-refractivity contribution in [3.05, 3.63) is 65.4 Å². The van der Waals surface area contributed by atoms with E-state index in [1.54, 1.807) is 0 Å². The van der Waals surface area contributed by atoms with E-state index in [0.29, 0.717) is 5.92 Å². The first-order valence-corrected chi connectivity index (χ1v) is 6.63. The van der Waals surface area contributed by atoms with Gasteiger partial charge in [-0.25, -0.2) is 0 Å². The molecule has 3 heteroatoms. The van der Waals surface area contributed by atoms with Gasteiger partial charge in [0.1, 0.15) is 0 Å². The lowest BCUT2D eigenvalue weighted by Crippen LogP contribution is -2.28. The van der Waals surface area contributed by atoms with Crippen LogP contribution in [0.15, 0.2) is 48.7 Å². The van der Waals surface area contributed by atoms with Gasteiger partial charge in [0.2, 0.25) is 0 Å². The molecule has 0 saturated carbocycles. The topological polar surface area (TPSA) is 40.7 Å². The Morgan fingerprint density at radius 1 is 1.11 bits per heavy atom. The van der Waals surface area contributed by atoms with E-state index >= 15 is 0 Å². The van der Waals surface area contributed by atoms with Crippen molar-refractivity contribution in [1.82, 2.24) is 15.5 Å². The van der Waals surface area contributed by atoms with Crippen LogP contribution >= 0.6 is 0 Å². The Morgan fingerprint density at radius 3 is 3.05 bits per heavy atom. The van der Waals surface area contributed by atoms with Crippen LogP contribution in [0.1, 0.15) is 22.6 Å². The Morgan fingerprint density at radius 2 is 2.05 bits per heavy atom. The molecule has 19 heavy (non-hydrogen) atoms. The first kappa shape index (κ1) is 10.8. The van der Waals surface area contributed by atoms with Gasteiger partial charge >= 0.3 is 0 Å². The van der Waals surface area contributed by atoms with E-state index < -0.39 is 0 Å². The van der Waals surface area contributed by atoms with Crippen molar-refractivity contribution in [3.63, 3.8) is 0 Å². The molecule has 3 aromatic rings. The fourth-order valence-corrected chi connectivity index (χ4v) is 2.97. The summed E-state index contributed by atoms with van der Waals surface area (Å²) in [6.45, 7) is 1.97. The number of rotatable bonds is 1. The van der Waals surface area contributed by atoms with Gasteiger partial charge in [0.05, 0.1) is 11.7 Å². The van der Waals surface area contributed by atoms with Crippen molar-refractivity contribution in [2.24, 2.45) is 0 Å². The Hall–Kier alpha value is -2.13. The molecule has 2 aromatic carbocycles. The smallest absolute Gasteiger partial charge is 0.0653 e. The highest BCUT2D eigenvalue weighted by atomic mass is 15.1. The van der Waals surface area contributed by atoms with E-state index in [-0.39, 0.29) is 0 Å². The molecule has 0 fully saturated rings. The van der Waals surface area contributed by atoms with Gasteiger partial charge in [0.15, 0.2) is 0 Å². The maximum atomic E-state index is 4.09. The summed E-state index contributed by atoms with van der Waals surface area (Å²) < 4.78 is 0. The molecule has 4 rings (SSSR count). The number of H-pyrrole nitrogens is 1. The molecule has 0 amide bonds. The van der Waals surface area contributed by atoms with Gasteiger partial charge in [-0.1, -0.05) is 36.4 Å². The molecule has 0 bridgehead atoms.